The Bertz CT molecular complexity index is 622. The van der Waals surface area contributed by atoms with E-state index >= 15 is 0 Å². The average Bonchev–Trinajstić information content (AvgIpc) is 2.90. The molecule has 2 aromatic rings. The number of rotatable bonds is 3. The smallest absolute Gasteiger partial charge is 0.126 e. The summed E-state index contributed by atoms with van der Waals surface area (Å²) < 4.78 is 5.41. The first kappa shape index (κ1) is 13.0. The highest BCUT2D eigenvalue weighted by atomic mass is 16.5. The van der Waals surface area contributed by atoms with E-state index in [1.165, 1.54) is 11.3 Å². The van der Waals surface area contributed by atoms with Gasteiger partial charge in [0.2, 0.25) is 0 Å². The highest BCUT2D eigenvalue weighted by molar-refractivity contribution is 5.74. The molecule has 0 amide bonds. The molecule has 0 aliphatic carbocycles. The number of para-hydroxylation sites is 1. The Kier molecular flexibility index (Phi) is 3.36. The lowest BCUT2D eigenvalue weighted by molar-refractivity contribution is 0.195. The molecule has 2 aromatic carbocycles. The van der Waals surface area contributed by atoms with Crippen LogP contribution in [0.5, 0.6) is 5.75 Å². The van der Waals surface area contributed by atoms with Gasteiger partial charge in [0, 0.05) is 17.8 Å². The molecular weight excluding hydrogens is 250 g/mol. The molecule has 3 nitrogen and oxygen atoms in total. The minimum Gasteiger partial charge on any atom is -0.496 e. The van der Waals surface area contributed by atoms with Crippen LogP contribution >= 0.6 is 0 Å². The molecule has 0 unspecified atom stereocenters. The summed E-state index contributed by atoms with van der Waals surface area (Å²) in [4.78, 5) is 2.26. The fourth-order valence-corrected chi connectivity index (χ4v) is 2.95. The van der Waals surface area contributed by atoms with Crippen molar-refractivity contribution in [3.05, 3.63) is 53.6 Å². The van der Waals surface area contributed by atoms with Gasteiger partial charge in [-0.2, -0.15) is 0 Å². The van der Waals surface area contributed by atoms with Gasteiger partial charge in [-0.3, -0.25) is 0 Å². The zero-order chi connectivity index (χ0) is 14.1. The summed E-state index contributed by atoms with van der Waals surface area (Å²) in [5, 5.41) is 10.1. The quantitative estimate of drug-likeness (QED) is 0.926. The van der Waals surface area contributed by atoms with Gasteiger partial charge >= 0.3 is 0 Å². The largest absolute Gasteiger partial charge is 0.496 e. The van der Waals surface area contributed by atoms with Gasteiger partial charge in [-0.15, -0.1) is 0 Å². The van der Waals surface area contributed by atoms with Crippen LogP contribution in [0.3, 0.4) is 0 Å². The monoisotopic (exact) mass is 269 g/mol. The van der Waals surface area contributed by atoms with Gasteiger partial charge in [0.05, 0.1) is 18.9 Å². The molecule has 1 heterocycles. The van der Waals surface area contributed by atoms with Crippen molar-refractivity contribution in [2.45, 2.75) is 19.4 Å². The number of hydrogen-bond donors (Lipinski definition) is 1. The van der Waals surface area contributed by atoms with Crippen molar-refractivity contribution in [1.29, 1.82) is 0 Å². The van der Waals surface area contributed by atoms with E-state index in [0.29, 0.717) is 0 Å². The molecule has 0 spiro atoms. The number of ether oxygens (including phenoxy) is 1. The van der Waals surface area contributed by atoms with E-state index in [1.807, 2.05) is 18.2 Å². The first-order chi connectivity index (χ1) is 9.72. The Labute approximate surface area is 119 Å². The Morgan fingerprint density at radius 3 is 2.60 bits per heavy atom. The molecule has 0 saturated heterocycles. The van der Waals surface area contributed by atoms with Crippen molar-refractivity contribution in [2.24, 2.45) is 0 Å². The van der Waals surface area contributed by atoms with E-state index in [4.69, 9.17) is 4.74 Å². The second kappa shape index (κ2) is 5.17. The molecule has 1 N–H and O–H groups in total. The molecule has 0 aromatic heterocycles. The lowest BCUT2D eigenvalue weighted by Gasteiger charge is -2.25. The fraction of sp³-hybridized carbons (Fsp3) is 0.294. The van der Waals surface area contributed by atoms with Crippen LogP contribution < -0.4 is 9.64 Å². The Balaban J connectivity index is 2.12. The van der Waals surface area contributed by atoms with Gasteiger partial charge in [0.25, 0.3) is 0 Å². The number of methoxy groups -OCH3 is 1. The summed E-state index contributed by atoms with van der Waals surface area (Å²) in [6.45, 7) is 2.72. The predicted molar refractivity (Wildman–Crippen MR) is 80.8 cm³/mol. The number of nitrogens with zero attached hydrogens (tertiary/aromatic N) is 1. The van der Waals surface area contributed by atoms with Crippen LogP contribution in [0.25, 0.3) is 0 Å². The van der Waals surface area contributed by atoms with Crippen LogP contribution in [0.1, 0.15) is 24.2 Å². The summed E-state index contributed by atoms with van der Waals surface area (Å²) in [6, 6.07) is 14.3. The van der Waals surface area contributed by atoms with Gasteiger partial charge in [0.1, 0.15) is 5.75 Å². The summed E-state index contributed by atoms with van der Waals surface area (Å²) >= 11 is 0. The second-order valence-corrected chi connectivity index (χ2v) is 5.10. The number of hydrogen-bond acceptors (Lipinski definition) is 3. The lowest BCUT2D eigenvalue weighted by Crippen LogP contribution is -2.16. The third-order valence-corrected chi connectivity index (χ3v) is 3.86. The molecular formula is C17H19NO2. The zero-order valence-electron chi connectivity index (χ0n) is 11.8. The molecule has 0 fully saturated rings. The first-order valence-electron chi connectivity index (χ1n) is 6.92. The Hall–Kier alpha value is -2.00. The zero-order valence-corrected chi connectivity index (χ0v) is 11.8. The van der Waals surface area contributed by atoms with Crippen molar-refractivity contribution in [3.63, 3.8) is 0 Å². The molecule has 0 bridgehead atoms. The molecule has 1 atom stereocenters. The molecule has 104 valence electrons. The van der Waals surface area contributed by atoms with Crippen LogP contribution in [0, 0.1) is 0 Å². The molecule has 0 radical (unpaired) electrons. The van der Waals surface area contributed by atoms with E-state index in [-0.39, 0.29) is 0 Å². The summed E-state index contributed by atoms with van der Waals surface area (Å²) in [5.41, 5.74) is 4.46. The number of aliphatic hydroxyl groups excluding tert-OH is 1. The minimum atomic E-state index is -0.561. The van der Waals surface area contributed by atoms with Crippen LogP contribution in [0.15, 0.2) is 42.5 Å². The summed E-state index contributed by atoms with van der Waals surface area (Å²) in [5.74, 6) is 0.738. The maximum atomic E-state index is 10.1. The molecule has 1 aliphatic heterocycles. The minimum absolute atomic E-state index is 0.561. The number of anilines is 2. The molecule has 3 heteroatoms. The molecule has 1 aliphatic rings. The van der Waals surface area contributed by atoms with Gasteiger partial charge in [0.15, 0.2) is 0 Å². The van der Waals surface area contributed by atoms with Gasteiger partial charge in [-0.1, -0.05) is 24.3 Å². The SMILES string of the molecule is COc1cccc(N2CCc3ccccc32)c1[C@@H](C)O. The van der Waals surface area contributed by atoms with E-state index in [9.17, 15) is 5.11 Å². The van der Waals surface area contributed by atoms with E-state index in [1.54, 1.807) is 14.0 Å². The van der Waals surface area contributed by atoms with Gasteiger partial charge in [-0.25, -0.2) is 0 Å². The second-order valence-electron chi connectivity index (χ2n) is 5.10. The normalized spacial score (nSPS) is 15.1. The highest BCUT2D eigenvalue weighted by Gasteiger charge is 2.24. The van der Waals surface area contributed by atoms with Crippen LogP contribution in [0.2, 0.25) is 0 Å². The number of fused-ring (bicyclic) bond motifs is 1. The molecule has 0 saturated carbocycles. The summed E-state index contributed by atoms with van der Waals surface area (Å²) in [7, 11) is 1.64. The van der Waals surface area contributed by atoms with E-state index in [0.717, 1.165) is 30.0 Å². The van der Waals surface area contributed by atoms with Gasteiger partial charge < -0.3 is 14.7 Å². The maximum absolute atomic E-state index is 10.1. The standard InChI is InChI=1S/C17H19NO2/c1-12(19)17-15(8-5-9-16(17)20-2)18-11-10-13-6-3-4-7-14(13)18/h3-9,12,19H,10-11H2,1-2H3/t12-/m1/s1. The van der Waals surface area contributed by atoms with Crippen LogP contribution in [-0.2, 0) is 6.42 Å². The van der Waals surface area contributed by atoms with Crippen molar-refractivity contribution in [3.8, 4) is 5.75 Å². The molecule has 3 rings (SSSR count). The topological polar surface area (TPSA) is 32.7 Å². The summed E-state index contributed by atoms with van der Waals surface area (Å²) in [6.07, 6.45) is 0.473. The third kappa shape index (κ3) is 2.04. The Morgan fingerprint density at radius 1 is 1.10 bits per heavy atom. The van der Waals surface area contributed by atoms with Crippen molar-refractivity contribution in [1.82, 2.24) is 0 Å². The van der Waals surface area contributed by atoms with E-state index < -0.39 is 6.10 Å². The molecule has 20 heavy (non-hydrogen) atoms. The lowest BCUT2D eigenvalue weighted by atomic mass is 10.1. The van der Waals surface area contributed by atoms with Crippen molar-refractivity contribution < 1.29 is 9.84 Å². The van der Waals surface area contributed by atoms with Gasteiger partial charge in [-0.05, 0) is 37.1 Å². The maximum Gasteiger partial charge on any atom is 0.126 e. The fourth-order valence-electron chi connectivity index (χ4n) is 2.95. The van der Waals surface area contributed by atoms with Crippen molar-refractivity contribution >= 4 is 11.4 Å². The number of aliphatic hydroxyl groups is 1. The van der Waals surface area contributed by atoms with E-state index in [2.05, 4.69) is 29.2 Å². The third-order valence-electron chi connectivity index (χ3n) is 3.86. The van der Waals surface area contributed by atoms with Crippen molar-refractivity contribution in [2.75, 3.05) is 18.6 Å². The first-order valence-corrected chi connectivity index (χ1v) is 6.92. The highest BCUT2D eigenvalue weighted by Crippen LogP contribution is 2.41. The number of benzene rings is 2. The Morgan fingerprint density at radius 2 is 1.85 bits per heavy atom. The van der Waals surface area contributed by atoms with Crippen LogP contribution in [-0.4, -0.2) is 18.8 Å². The van der Waals surface area contributed by atoms with Crippen LogP contribution in [0.4, 0.5) is 11.4 Å². The predicted octanol–water partition coefficient (Wildman–Crippen LogP) is 3.44. The average molecular weight is 269 g/mol.